The minimum atomic E-state index is -0.325. The second-order valence-corrected chi connectivity index (χ2v) is 4.36. The lowest BCUT2D eigenvalue weighted by atomic mass is 10.2. The molecule has 0 saturated carbocycles. The quantitative estimate of drug-likeness (QED) is 0.690. The van der Waals surface area contributed by atoms with E-state index in [1.165, 1.54) is 6.08 Å². The number of nitrogen functional groups attached to an aromatic ring is 1. The highest BCUT2D eigenvalue weighted by molar-refractivity contribution is 6.31. The van der Waals surface area contributed by atoms with Gasteiger partial charge in [0.25, 0.3) is 5.56 Å². The van der Waals surface area contributed by atoms with Crippen molar-refractivity contribution in [2.75, 3.05) is 5.84 Å². The van der Waals surface area contributed by atoms with E-state index in [1.807, 2.05) is 0 Å². The van der Waals surface area contributed by atoms with Gasteiger partial charge in [-0.05, 0) is 18.2 Å². The lowest BCUT2D eigenvalue weighted by molar-refractivity contribution is 0.890. The minimum absolute atomic E-state index is 0.292. The molecule has 0 spiro atoms. The Hall–Kier alpha value is -2.33. The van der Waals surface area contributed by atoms with E-state index in [1.54, 1.807) is 30.3 Å². The largest absolute Gasteiger partial charge is 0.334 e. The molecule has 0 saturated heterocycles. The molecular weight excluding hydrogens is 262 g/mol. The van der Waals surface area contributed by atoms with Gasteiger partial charge in [-0.15, -0.1) is 0 Å². The van der Waals surface area contributed by atoms with Crippen molar-refractivity contribution in [2.24, 2.45) is 0 Å². The van der Waals surface area contributed by atoms with E-state index >= 15 is 0 Å². The van der Waals surface area contributed by atoms with Gasteiger partial charge >= 0.3 is 0 Å². The predicted molar refractivity (Wildman–Crippen MR) is 79.3 cm³/mol. The van der Waals surface area contributed by atoms with Crippen LogP contribution in [0.1, 0.15) is 5.82 Å². The van der Waals surface area contributed by atoms with E-state index in [4.69, 9.17) is 17.4 Å². The third-order valence-corrected chi connectivity index (χ3v) is 2.71. The van der Waals surface area contributed by atoms with Gasteiger partial charge in [-0.1, -0.05) is 43.0 Å². The topological polar surface area (TPSA) is 60.9 Å². The zero-order chi connectivity index (χ0) is 14.0. The molecule has 19 heavy (non-hydrogen) atoms. The van der Waals surface area contributed by atoms with Crippen molar-refractivity contribution in [3.8, 4) is 0 Å². The zero-order valence-corrected chi connectivity index (χ0v) is 10.9. The van der Waals surface area contributed by atoms with Crippen LogP contribution in [0.3, 0.4) is 0 Å². The summed E-state index contributed by atoms with van der Waals surface area (Å²) in [5, 5.41) is 0.763. The second kappa shape index (κ2) is 5.12. The standard InChI is InChI=1S/C14H12ClN3O/c1-3-10(8-9(2)15)13-17-12-7-5-4-6-11(12)14(19)18(13)16/h3-8H,1-2,16H2/b10-8+. The number of benzene rings is 1. The molecule has 0 aliphatic carbocycles. The summed E-state index contributed by atoms with van der Waals surface area (Å²) < 4.78 is 0.982. The van der Waals surface area contributed by atoms with Crippen LogP contribution in [0.4, 0.5) is 0 Å². The maximum atomic E-state index is 12.1. The van der Waals surface area contributed by atoms with Crippen LogP contribution < -0.4 is 11.4 Å². The Bertz CT molecular complexity index is 759. The predicted octanol–water partition coefficient (Wildman–Crippen LogP) is 2.43. The number of hydrogen-bond acceptors (Lipinski definition) is 3. The van der Waals surface area contributed by atoms with Gasteiger partial charge in [0.15, 0.2) is 5.82 Å². The fourth-order valence-electron chi connectivity index (χ4n) is 1.73. The normalized spacial score (nSPS) is 11.5. The Labute approximate surface area is 115 Å². The van der Waals surface area contributed by atoms with E-state index in [2.05, 4.69) is 18.1 Å². The zero-order valence-electron chi connectivity index (χ0n) is 10.1. The number of hydrogen-bond donors (Lipinski definition) is 1. The lowest BCUT2D eigenvalue weighted by Gasteiger charge is -2.09. The van der Waals surface area contributed by atoms with Crippen LogP contribution in [0.2, 0.25) is 0 Å². The van der Waals surface area contributed by atoms with Crippen molar-refractivity contribution < 1.29 is 0 Å². The van der Waals surface area contributed by atoms with Crippen LogP contribution >= 0.6 is 11.6 Å². The average molecular weight is 274 g/mol. The van der Waals surface area contributed by atoms with Crippen LogP contribution in [0.15, 0.2) is 59.4 Å². The van der Waals surface area contributed by atoms with Crippen LogP contribution in [-0.2, 0) is 0 Å². The van der Waals surface area contributed by atoms with Gasteiger partial charge in [-0.2, -0.15) is 0 Å². The van der Waals surface area contributed by atoms with Gasteiger partial charge in [0.05, 0.1) is 10.9 Å². The molecule has 4 nitrogen and oxygen atoms in total. The number of nitrogens with two attached hydrogens (primary N) is 1. The number of allylic oxidation sites excluding steroid dienone is 4. The number of rotatable bonds is 3. The Morgan fingerprint density at radius 2 is 2.11 bits per heavy atom. The van der Waals surface area contributed by atoms with Crippen molar-refractivity contribution in [3.63, 3.8) is 0 Å². The number of para-hydroxylation sites is 1. The molecule has 2 N–H and O–H groups in total. The molecule has 0 radical (unpaired) electrons. The summed E-state index contributed by atoms with van der Waals surface area (Å²) in [5.74, 6) is 6.07. The van der Waals surface area contributed by atoms with Crippen molar-refractivity contribution in [1.29, 1.82) is 0 Å². The molecule has 0 amide bonds. The first-order chi connectivity index (χ1) is 9.04. The van der Waals surface area contributed by atoms with Crippen molar-refractivity contribution in [1.82, 2.24) is 9.66 Å². The summed E-state index contributed by atoms with van der Waals surface area (Å²) in [6, 6.07) is 6.99. The third-order valence-electron chi connectivity index (χ3n) is 2.60. The van der Waals surface area contributed by atoms with E-state index in [-0.39, 0.29) is 5.56 Å². The molecule has 0 aliphatic rings. The molecule has 5 heteroatoms. The molecule has 0 aliphatic heterocycles. The smallest absolute Gasteiger partial charge is 0.280 e. The first kappa shape index (κ1) is 13.1. The SMILES string of the molecule is C=C/C(=C\C(=C)Cl)c1nc2ccccc2c(=O)n1N. The van der Waals surface area contributed by atoms with Gasteiger partial charge in [-0.3, -0.25) is 4.79 Å². The molecule has 0 bridgehead atoms. The fourth-order valence-corrected chi connectivity index (χ4v) is 1.85. The van der Waals surface area contributed by atoms with E-state index in [0.717, 1.165) is 4.68 Å². The average Bonchev–Trinajstić information content (AvgIpc) is 2.40. The van der Waals surface area contributed by atoms with Crippen LogP contribution in [0.25, 0.3) is 16.5 Å². The van der Waals surface area contributed by atoms with Crippen molar-refractivity contribution in [3.05, 3.63) is 70.8 Å². The molecule has 2 rings (SSSR count). The number of fused-ring (bicyclic) bond motifs is 1. The molecule has 1 aromatic heterocycles. The Morgan fingerprint density at radius 1 is 1.42 bits per heavy atom. The number of nitrogens with zero attached hydrogens (tertiary/aromatic N) is 2. The molecule has 0 fully saturated rings. The minimum Gasteiger partial charge on any atom is -0.334 e. The summed E-state index contributed by atoms with van der Waals surface area (Å²) in [5.41, 5.74) is 0.774. The maximum absolute atomic E-state index is 12.1. The molecule has 96 valence electrons. The summed E-state index contributed by atoms with van der Waals surface area (Å²) >= 11 is 5.74. The van der Waals surface area contributed by atoms with Crippen LogP contribution in [0, 0.1) is 0 Å². The first-order valence-electron chi connectivity index (χ1n) is 5.50. The van der Waals surface area contributed by atoms with E-state index < -0.39 is 0 Å². The second-order valence-electron chi connectivity index (χ2n) is 3.88. The molecule has 0 unspecified atom stereocenters. The maximum Gasteiger partial charge on any atom is 0.280 e. The third kappa shape index (κ3) is 2.44. The van der Waals surface area contributed by atoms with Gasteiger partial charge in [0.2, 0.25) is 0 Å². The Kier molecular flexibility index (Phi) is 3.53. The number of aromatic nitrogens is 2. The molecule has 1 aromatic carbocycles. The van der Waals surface area contributed by atoms with Gasteiger partial charge in [0.1, 0.15) is 0 Å². The molecular formula is C14H12ClN3O. The Balaban J connectivity index is 2.81. The summed E-state index contributed by atoms with van der Waals surface area (Å²) in [7, 11) is 0. The van der Waals surface area contributed by atoms with Crippen molar-refractivity contribution in [2.45, 2.75) is 0 Å². The molecule has 2 aromatic rings. The summed E-state index contributed by atoms with van der Waals surface area (Å²) in [6.45, 7) is 7.23. The Morgan fingerprint density at radius 3 is 2.74 bits per heavy atom. The highest BCUT2D eigenvalue weighted by Crippen LogP contribution is 2.17. The van der Waals surface area contributed by atoms with Crippen LogP contribution in [-0.4, -0.2) is 9.66 Å². The van der Waals surface area contributed by atoms with Gasteiger partial charge in [-0.25, -0.2) is 9.66 Å². The number of halogens is 1. The molecule has 0 atom stereocenters. The first-order valence-corrected chi connectivity index (χ1v) is 5.88. The van der Waals surface area contributed by atoms with Gasteiger partial charge < -0.3 is 5.84 Å². The fraction of sp³-hybridized carbons (Fsp3) is 0. The highest BCUT2D eigenvalue weighted by Gasteiger charge is 2.10. The van der Waals surface area contributed by atoms with E-state index in [9.17, 15) is 4.79 Å². The lowest BCUT2D eigenvalue weighted by Crippen LogP contribution is -2.31. The summed E-state index contributed by atoms with van der Waals surface area (Å²) in [6.07, 6.45) is 3.07. The van der Waals surface area contributed by atoms with Crippen LogP contribution in [0.5, 0.6) is 0 Å². The highest BCUT2D eigenvalue weighted by atomic mass is 35.5. The molecule has 1 heterocycles. The summed E-state index contributed by atoms with van der Waals surface area (Å²) in [4.78, 5) is 16.5. The van der Waals surface area contributed by atoms with E-state index in [0.29, 0.717) is 27.3 Å². The van der Waals surface area contributed by atoms with Gasteiger partial charge in [0, 0.05) is 10.6 Å². The monoisotopic (exact) mass is 273 g/mol. The van der Waals surface area contributed by atoms with Crippen molar-refractivity contribution >= 4 is 28.1 Å².